The Morgan fingerprint density at radius 3 is 2.53 bits per heavy atom. The molecular weight excluding hydrogens is 497 g/mol. The smallest absolute Gasteiger partial charge is 0.392 e. The molecule has 2 aromatic carbocycles. The minimum absolute atomic E-state index is 0.0724. The van der Waals surface area contributed by atoms with Gasteiger partial charge in [-0.2, -0.15) is 13.2 Å². The number of fused-ring (bicyclic) bond motifs is 1. The van der Waals surface area contributed by atoms with Crippen LogP contribution in [0.4, 0.5) is 24.5 Å². The number of amides is 1. The van der Waals surface area contributed by atoms with Gasteiger partial charge < -0.3 is 20.1 Å². The lowest BCUT2D eigenvalue weighted by Gasteiger charge is -2.30. The van der Waals surface area contributed by atoms with Gasteiger partial charge in [0.05, 0.1) is 41.2 Å². The molecule has 0 bridgehead atoms. The van der Waals surface area contributed by atoms with Crippen LogP contribution in [0.3, 0.4) is 0 Å². The van der Waals surface area contributed by atoms with E-state index < -0.39 is 29.9 Å². The molecule has 194 valence electrons. The third-order valence-electron chi connectivity index (χ3n) is 7.00. The number of rotatable bonds is 8. The molecule has 0 saturated heterocycles. The van der Waals surface area contributed by atoms with Crippen LogP contribution in [0.2, 0.25) is 5.02 Å². The van der Waals surface area contributed by atoms with E-state index in [1.165, 1.54) is 18.2 Å². The molecule has 0 aromatic heterocycles. The number of likely N-dealkylation sites (N-methyl/N-ethyl adjacent to an activating group) is 1. The van der Waals surface area contributed by atoms with Gasteiger partial charge in [-0.1, -0.05) is 30.7 Å². The fourth-order valence-corrected chi connectivity index (χ4v) is 4.91. The van der Waals surface area contributed by atoms with E-state index >= 15 is 0 Å². The number of carboxylic acid groups (broad SMARTS) is 1. The fraction of sp³-hybridized carbons (Fsp3) is 0.462. The summed E-state index contributed by atoms with van der Waals surface area (Å²) in [6, 6.07) is 9.49. The van der Waals surface area contributed by atoms with Gasteiger partial charge in [0.1, 0.15) is 12.4 Å². The summed E-state index contributed by atoms with van der Waals surface area (Å²) in [7, 11) is 1.86. The largest absolute Gasteiger partial charge is 0.490 e. The molecule has 3 atom stereocenters. The average Bonchev–Trinajstić information content (AvgIpc) is 3.64. The number of carbonyl (C=O) groups excluding carboxylic acids is 1. The number of halogens is 4. The van der Waals surface area contributed by atoms with Gasteiger partial charge in [-0.05, 0) is 60.1 Å². The maximum absolute atomic E-state index is 13.9. The van der Waals surface area contributed by atoms with Crippen molar-refractivity contribution in [3.63, 3.8) is 0 Å². The highest BCUT2D eigenvalue weighted by Crippen LogP contribution is 2.46. The lowest BCUT2D eigenvalue weighted by molar-refractivity contribution is -0.178. The zero-order chi connectivity index (χ0) is 26.2. The molecule has 10 heteroatoms. The number of aliphatic carboxylic acids is 1. The maximum Gasteiger partial charge on any atom is 0.392 e. The summed E-state index contributed by atoms with van der Waals surface area (Å²) in [5.74, 6) is -4.94. The van der Waals surface area contributed by atoms with Crippen LogP contribution in [0.15, 0.2) is 36.4 Å². The highest BCUT2D eigenvalue weighted by atomic mass is 35.5. The molecule has 1 saturated carbocycles. The predicted molar refractivity (Wildman–Crippen MR) is 131 cm³/mol. The van der Waals surface area contributed by atoms with E-state index in [9.17, 15) is 27.9 Å². The number of nitrogens with zero attached hydrogens (tertiary/aromatic N) is 1. The number of carboxylic acids is 1. The summed E-state index contributed by atoms with van der Waals surface area (Å²) in [5.41, 5.74) is 1.76. The molecule has 36 heavy (non-hydrogen) atoms. The van der Waals surface area contributed by atoms with E-state index in [4.69, 9.17) is 16.3 Å². The standard InChI is InChI=1S/C26H28ClF3N2O4/c1-14(26(28,29)30)24(17-6-8-21-22(12-17)36-10-9-32(21)2)25(35)31-20-11-16(5-7-19(20)27)18(13-23(33)34)15-3-4-15/h5-8,11-12,14-15,18,24H,3-4,9-10,13H2,1-2H3,(H,31,35)(H,33,34)/t14-,18+,24?/m1/s1. The average molecular weight is 525 g/mol. The van der Waals surface area contributed by atoms with Gasteiger partial charge in [0, 0.05) is 7.05 Å². The summed E-state index contributed by atoms with van der Waals surface area (Å²) < 4.78 is 47.2. The van der Waals surface area contributed by atoms with Crippen molar-refractivity contribution in [1.82, 2.24) is 0 Å². The molecular formula is C26H28ClF3N2O4. The van der Waals surface area contributed by atoms with Crippen LogP contribution in [0, 0.1) is 11.8 Å². The summed E-state index contributed by atoms with van der Waals surface area (Å²) in [6.07, 6.45) is -2.89. The van der Waals surface area contributed by atoms with E-state index in [2.05, 4.69) is 5.32 Å². The third-order valence-corrected chi connectivity index (χ3v) is 7.33. The first-order valence-corrected chi connectivity index (χ1v) is 12.2. The number of alkyl halides is 3. The van der Waals surface area contributed by atoms with E-state index in [-0.39, 0.29) is 34.5 Å². The molecule has 0 radical (unpaired) electrons. The minimum atomic E-state index is -4.63. The molecule has 1 unspecified atom stereocenters. The van der Waals surface area contributed by atoms with Gasteiger partial charge in [0.2, 0.25) is 5.91 Å². The predicted octanol–water partition coefficient (Wildman–Crippen LogP) is 6.06. The van der Waals surface area contributed by atoms with Gasteiger partial charge >= 0.3 is 12.1 Å². The first-order chi connectivity index (χ1) is 17.0. The Balaban J connectivity index is 1.66. The summed E-state index contributed by atoms with van der Waals surface area (Å²) in [6.45, 7) is 2.01. The molecule has 1 aliphatic heterocycles. The molecule has 1 amide bonds. The van der Waals surface area contributed by atoms with E-state index in [1.54, 1.807) is 18.2 Å². The summed E-state index contributed by atoms with van der Waals surface area (Å²) in [4.78, 5) is 26.7. The second-order valence-corrected chi connectivity index (χ2v) is 9.98. The fourth-order valence-electron chi connectivity index (χ4n) is 4.75. The Bertz CT molecular complexity index is 1150. The van der Waals surface area contributed by atoms with Crippen molar-refractivity contribution in [1.29, 1.82) is 0 Å². The number of carbonyl (C=O) groups is 2. The van der Waals surface area contributed by atoms with Gasteiger partial charge in [-0.25, -0.2) is 0 Å². The lowest BCUT2D eigenvalue weighted by atomic mass is 9.85. The Morgan fingerprint density at radius 1 is 1.19 bits per heavy atom. The van der Waals surface area contributed by atoms with Crippen molar-refractivity contribution in [2.75, 3.05) is 30.4 Å². The number of ether oxygens (including phenoxy) is 1. The Hall–Kier alpha value is -2.94. The topological polar surface area (TPSA) is 78.9 Å². The number of anilines is 2. The van der Waals surface area contributed by atoms with Crippen molar-refractivity contribution < 1.29 is 32.6 Å². The molecule has 2 aromatic rings. The van der Waals surface area contributed by atoms with Crippen LogP contribution in [-0.2, 0) is 9.59 Å². The number of benzene rings is 2. The van der Waals surface area contributed by atoms with Crippen LogP contribution in [-0.4, -0.2) is 43.4 Å². The summed E-state index contributed by atoms with van der Waals surface area (Å²) in [5, 5.41) is 12.1. The Labute approximate surface area is 212 Å². The van der Waals surface area contributed by atoms with Crippen LogP contribution in [0.5, 0.6) is 5.75 Å². The van der Waals surface area contributed by atoms with Crippen LogP contribution < -0.4 is 15.0 Å². The molecule has 2 N–H and O–H groups in total. The van der Waals surface area contributed by atoms with Crippen LogP contribution >= 0.6 is 11.6 Å². The van der Waals surface area contributed by atoms with E-state index in [0.717, 1.165) is 25.5 Å². The number of hydrogen-bond acceptors (Lipinski definition) is 4. The second kappa shape index (κ2) is 10.2. The zero-order valence-electron chi connectivity index (χ0n) is 19.9. The van der Waals surface area contributed by atoms with E-state index in [1.807, 2.05) is 11.9 Å². The number of hydrogen-bond donors (Lipinski definition) is 2. The quantitative estimate of drug-likeness (QED) is 0.439. The molecule has 1 heterocycles. The highest BCUT2D eigenvalue weighted by molar-refractivity contribution is 6.33. The second-order valence-electron chi connectivity index (χ2n) is 9.58. The summed E-state index contributed by atoms with van der Waals surface area (Å²) >= 11 is 6.30. The van der Waals surface area contributed by atoms with Crippen molar-refractivity contribution in [2.24, 2.45) is 11.8 Å². The van der Waals surface area contributed by atoms with Crippen LogP contribution in [0.1, 0.15) is 49.1 Å². The first kappa shape index (κ1) is 26.1. The molecule has 1 fully saturated rings. The van der Waals surface area contributed by atoms with Gasteiger partial charge in [-0.15, -0.1) is 0 Å². The first-order valence-electron chi connectivity index (χ1n) is 11.8. The van der Waals surface area contributed by atoms with Crippen molar-refractivity contribution in [3.05, 3.63) is 52.5 Å². The van der Waals surface area contributed by atoms with Gasteiger partial charge in [0.15, 0.2) is 0 Å². The molecule has 6 nitrogen and oxygen atoms in total. The third kappa shape index (κ3) is 5.72. The Morgan fingerprint density at radius 2 is 1.89 bits per heavy atom. The van der Waals surface area contributed by atoms with Gasteiger partial charge in [-0.3, -0.25) is 9.59 Å². The molecule has 0 spiro atoms. The zero-order valence-corrected chi connectivity index (χ0v) is 20.7. The number of nitrogens with one attached hydrogen (secondary N) is 1. The van der Waals surface area contributed by atoms with Crippen molar-refractivity contribution in [3.8, 4) is 5.75 Å². The van der Waals surface area contributed by atoms with Gasteiger partial charge in [0.25, 0.3) is 0 Å². The van der Waals surface area contributed by atoms with Crippen LogP contribution in [0.25, 0.3) is 0 Å². The minimum Gasteiger partial charge on any atom is -0.490 e. The maximum atomic E-state index is 13.9. The Kier molecular flexibility index (Phi) is 7.41. The monoisotopic (exact) mass is 524 g/mol. The molecule has 1 aliphatic carbocycles. The SMILES string of the molecule is C[C@H](C(C(=O)Nc1cc([C@@H](CC(=O)O)C2CC2)ccc1Cl)c1ccc2c(c1)OCCN2C)C(F)(F)F. The van der Waals surface area contributed by atoms with Crippen molar-refractivity contribution >= 4 is 34.9 Å². The molecule has 4 rings (SSSR count). The lowest BCUT2D eigenvalue weighted by Crippen LogP contribution is -2.35. The molecule has 2 aliphatic rings. The van der Waals surface area contributed by atoms with E-state index in [0.29, 0.717) is 24.5 Å². The normalized spacial score (nSPS) is 18.0. The highest BCUT2D eigenvalue weighted by Gasteiger charge is 2.45. The van der Waals surface area contributed by atoms with Crippen molar-refractivity contribution in [2.45, 2.75) is 44.2 Å².